The van der Waals surface area contributed by atoms with Gasteiger partial charge in [-0.1, -0.05) is 0 Å². The summed E-state index contributed by atoms with van der Waals surface area (Å²) < 4.78 is 6.60. The van der Waals surface area contributed by atoms with Gasteiger partial charge in [0.25, 0.3) is 0 Å². The van der Waals surface area contributed by atoms with Crippen molar-refractivity contribution in [3.63, 3.8) is 0 Å². The number of ether oxygens (including phenoxy) is 1. The van der Waals surface area contributed by atoms with Gasteiger partial charge in [0, 0.05) is 0 Å². The molecule has 2 radical (unpaired) electrons. The van der Waals surface area contributed by atoms with E-state index in [9.17, 15) is 0 Å². The van der Waals surface area contributed by atoms with Crippen LogP contribution in [0.3, 0.4) is 0 Å². The molecule has 1 rings (SSSR count). The first-order valence-electron chi connectivity index (χ1n) is 4.37. The third kappa shape index (κ3) is 2.89. The molecule has 1 unspecified atom stereocenters. The molecule has 1 saturated heterocycles. The normalized spacial score (nSPS) is 26.8. The number of rotatable bonds is 3. The van der Waals surface area contributed by atoms with Crippen LogP contribution in [0.4, 0.5) is 0 Å². The van der Waals surface area contributed by atoms with Crippen molar-refractivity contribution in [2.24, 2.45) is 0 Å². The van der Waals surface area contributed by atoms with Gasteiger partial charge in [0.05, 0.1) is 0 Å². The Labute approximate surface area is 86.4 Å². The predicted octanol–water partition coefficient (Wildman–Crippen LogP) is -2.73. The van der Waals surface area contributed by atoms with Gasteiger partial charge in [-0.25, -0.2) is 0 Å². The molecule has 1 atom stereocenters. The van der Waals surface area contributed by atoms with Crippen molar-refractivity contribution in [2.75, 3.05) is 24.2 Å². The van der Waals surface area contributed by atoms with Crippen LogP contribution in [0.15, 0.2) is 0 Å². The first-order chi connectivity index (χ1) is 5.75. The van der Waals surface area contributed by atoms with Crippen molar-refractivity contribution in [2.45, 2.75) is 25.9 Å². The Morgan fingerprint density at radius 3 is 3.00 bits per heavy atom. The molecule has 1 fully saturated rings. The molecule has 1 aliphatic rings. The SMILES string of the molecule is [B][I-]CC1COCCN1C(C)C. The quantitative estimate of drug-likeness (QED) is 0.316. The zero-order valence-electron chi connectivity index (χ0n) is 7.79. The summed E-state index contributed by atoms with van der Waals surface area (Å²) in [6.45, 7) is 7.33. The van der Waals surface area contributed by atoms with Crippen LogP contribution in [0.25, 0.3) is 0 Å². The first kappa shape index (κ1) is 10.8. The average Bonchev–Trinajstić information content (AvgIpc) is 2.05. The number of hydrogen-bond acceptors (Lipinski definition) is 2. The summed E-state index contributed by atoms with van der Waals surface area (Å²) in [4.78, 5) is 2.51. The van der Waals surface area contributed by atoms with Crippen LogP contribution in [-0.4, -0.2) is 46.9 Å². The second kappa shape index (κ2) is 5.45. The van der Waals surface area contributed by atoms with Crippen LogP contribution >= 0.6 is 0 Å². The second-order valence-corrected chi connectivity index (χ2v) is 5.13. The van der Waals surface area contributed by atoms with Crippen molar-refractivity contribution >= 4 is 5.70 Å². The second-order valence-electron chi connectivity index (χ2n) is 3.37. The molecule has 0 amide bonds. The summed E-state index contributed by atoms with van der Waals surface area (Å²) in [5.41, 5.74) is 5.65. The van der Waals surface area contributed by atoms with Crippen LogP contribution in [0.1, 0.15) is 13.8 Å². The molecule has 0 aliphatic carbocycles. The van der Waals surface area contributed by atoms with Crippen molar-refractivity contribution in [3.8, 4) is 0 Å². The number of hydrogen-bond donors (Lipinski definition) is 0. The van der Waals surface area contributed by atoms with Crippen LogP contribution in [-0.2, 0) is 4.74 Å². The summed E-state index contributed by atoms with van der Waals surface area (Å²) in [5, 5.41) is 0. The molecule has 0 aromatic rings. The van der Waals surface area contributed by atoms with Gasteiger partial charge in [-0.3, -0.25) is 0 Å². The summed E-state index contributed by atoms with van der Waals surface area (Å²) in [7, 11) is 0. The van der Waals surface area contributed by atoms with E-state index >= 15 is 0 Å². The van der Waals surface area contributed by atoms with E-state index in [1.165, 1.54) is 0 Å². The molecule has 0 saturated carbocycles. The standard InChI is InChI=1S/C8H16BINO/c1-7(2)11-3-4-12-6-8(11)5-10-9/h7-8H,3-6H2,1-2H3/q-1. The Morgan fingerprint density at radius 1 is 1.67 bits per heavy atom. The van der Waals surface area contributed by atoms with Gasteiger partial charge in [-0.05, 0) is 0 Å². The van der Waals surface area contributed by atoms with Gasteiger partial charge >= 0.3 is 86.4 Å². The third-order valence-electron chi connectivity index (χ3n) is 2.20. The topological polar surface area (TPSA) is 12.5 Å². The molecule has 4 heteroatoms. The molecular weight excluding hydrogens is 264 g/mol. The molecule has 0 spiro atoms. The van der Waals surface area contributed by atoms with Crippen molar-refractivity contribution in [3.05, 3.63) is 0 Å². The fourth-order valence-corrected chi connectivity index (χ4v) is 2.93. The van der Waals surface area contributed by atoms with Gasteiger partial charge in [0.2, 0.25) is 0 Å². The molecule has 1 heterocycles. The third-order valence-corrected chi connectivity index (χ3v) is 3.73. The zero-order valence-corrected chi connectivity index (χ0v) is 9.95. The van der Waals surface area contributed by atoms with E-state index in [0.29, 0.717) is 12.1 Å². The Balaban J connectivity index is 2.42. The number of nitrogens with zero attached hydrogens (tertiary/aromatic N) is 1. The molecule has 0 aromatic heterocycles. The minimum atomic E-state index is -0.0922. The van der Waals surface area contributed by atoms with Gasteiger partial charge in [-0.15, -0.1) is 0 Å². The number of alkyl halides is 1. The van der Waals surface area contributed by atoms with Crippen LogP contribution < -0.4 is 21.0 Å². The Hall–Kier alpha value is 0.715. The van der Waals surface area contributed by atoms with E-state index in [4.69, 9.17) is 10.4 Å². The summed E-state index contributed by atoms with van der Waals surface area (Å²) in [5.74, 6) is 0. The molecule has 2 nitrogen and oxygen atoms in total. The summed E-state index contributed by atoms with van der Waals surface area (Å²) in [6, 6.07) is 1.23. The van der Waals surface area contributed by atoms with Gasteiger partial charge in [0.1, 0.15) is 0 Å². The van der Waals surface area contributed by atoms with Crippen LogP contribution in [0, 0.1) is 0 Å². The minimum absolute atomic E-state index is 0.0922. The molecule has 70 valence electrons. The molecule has 1 aliphatic heterocycles. The van der Waals surface area contributed by atoms with Gasteiger partial charge < -0.3 is 0 Å². The van der Waals surface area contributed by atoms with E-state index in [2.05, 4.69) is 18.7 Å². The molecular formula is C8H16BINO-. The van der Waals surface area contributed by atoms with Crippen molar-refractivity contribution in [1.82, 2.24) is 4.90 Å². The van der Waals surface area contributed by atoms with E-state index in [0.717, 1.165) is 24.2 Å². The first-order valence-corrected chi connectivity index (χ1v) is 7.14. The number of halogens is 1. The summed E-state index contributed by atoms with van der Waals surface area (Å²) in [6.07, 6.45) is 0. The van der Waals surface area contributed by atoms with E-state index in [-0.39, 0.29) is 21.0 Å². The fraction of sp³-hybridized carbons (Fsp3) is 1.00. The Kier molecular flexibility index (Phi) is 4.90. The predicted molar refractivity (Wildman–Crippen MR) is 47.1 cm³/mol. The van der Waals surface area contributed by atoms with Crippen LogP contribution in [0.2, 0.25) is 0 Å². The van der Waals surface area contributed by atoms with E-state index in [1.807, 2.05) is 0 Å². The van der Waals surface area contributed by atoms with E-state index in [1.54, 1.807) is 0 Å². The molecule has 0 N–H and O–H groups in total. The molecule has 0 aromatic carbocycles. The maximum absolute atomic E-state index is 5.65. The van der Waals surface area contributed by atoms with Crippen molar-refractivity contribution in [1.29, 1.82) is 0 Å². The number of morpholine rings is 1. The molecule has 0 bridgehead atoms. The fourth-order valence-electron chi connectivity index (χ4n) is 1.58. The van der Waals surface area contributed by atoms with Crippen molar-refractivity contribution < 1.29 is 25.7 Å². The Morgan fingerprint density at radius 2 is 2.42 bits per heavy atom. The molecule has 12 heavy (non-hydrogen) atoms. The Bertz CT molecular complexity index is 132. The zero-order chi connectivity index (χ0) is 8.97. The maximum atomic E-state index is 5.65. The summed E-state index contributed by atoms with van der Waals surface area (Å²) >= 11 is -0.0922. The average molecular weight is 280 g/mol. The van der Waals surface area contributed by atoms with Gasteiger partial charge in [0.15, 0.2) is 0 Å². The van der Waals surface area contributed by atoms with Gasteiger partial charge in [-0.2, -0.15) is 0 Å². The van der Waals surface area contributed by atoms with Crippen LogP contribution in [0.5, 0.6) is 0 Å². The van der Waals surface area contributed by atoms with E-state index < -0.39 is 0 Å². The monoisotopic (exact) mass is 280 g/mol.